The zero-order valence-corrected chi connectivity index (χ0v) is 20.4. The van der Waals surface area contributed by atoms with Gasteiger partial charge in [0.1, 0.15) is 6.04 Å². The van der Waals surface area contributed by atoms with Gasteiger partial charge in [-0.1, -0.05) is 33.1 Å². The molecule has 0 bridgehead atoms. The lowest BCUT2D eigenvalue weighted by Crippen LogP contribution is -2.40. The molecule has 2 aliphatic rings. The van der Waals surface area contributed by atoms with E-state index in [1.54, 1.807) is 13.0 Å². The number of nitrogens with zero attached hydrogens (tertiary/aromatic N) is 3. The first-order valence-electron chi connectivity index (χ1n) is 12.4. The Morgan fingerprint density at radius 2 is 1.70 bits per heavy atom. The van der Waals surface area contributed by atoms with Crippen molar-refractivity contribution in [2.45, 2.75) is 78.3 Å². The molecule has 1 aromatic carbocycles. The molecule has 2 aliphatic heterocycles. The molecule has 2 amide bonds. The molecule has 1 atom stereocenters. The lowest BCUT2D eigenvalue weighted by molar-refractivity contribution is -0.141. The summed E-state index contributed by atoms with van der Waals surface area (Å²) in [4.78, 5) is 43.2. The van der Waals surface area contributed by atoms with Crippen molar-refractivity contribution >= 4 is 23.5 Å². The van der Waals surface area contributed by atoms with Crippen LogP contribution < -0.4 is 4.90 Å². The second kappa shape index (κ2) is 11.6. The predicted molar refractivity (Wildman–Crippen MR) is 129 cm³/mol. The van der Waals surface area contributed by atoms with Crippen LogP contribution >= 0.6 is 0 Å². The molecule has 1 aromatic rings. The molecular weight excluding hydrogens is 418 g/mol. The van der Waals surface area contributed by atoms with Crippen molar-refractivity contribution in [3.05, 3.63) is 29.3 Å². The molecule has 0 aromatic heterocycles. The molecule has 1 N–H and O–H groups in total. The summed E-state index contributed by atoms with van der Waals surface area (Å²) < 4.78 is 0. The van der Waals surface area contributed by atoms with Gasteiger partial charge in [-0.15, -0.1) is 0 Å². The monoisotopic (exact) mass is 457 g/mol. The Bertz CT molecular complexity index is 854. The number of carboxylic acids is 1. The van der Waals surface area contributed by atoms with Crippen molar-refractivity contribution in [2.75, 3.05) is 31.1 Å². The molecule has 1 saturated heterocycles. The summed E-state index contributed by atoms with van der Waals surface area (Å²) in [6, 6.07) is 4.77. The first-order valence-corrected chi connectivity index (χ1v) is 12.4. The number of carbonyl (C=O) groups excluding carboxylic acids is 2. The molecule has 7 nitrogen and oxygen atoms in total. The molecule has 0 unspecified atom stereocenters. The number of carboxylic acid groups (broad SMARTS) is 1. The molecule has 2 heterocycles. The van der Waals surface area contributed by atoms with E-state index < -0.39 is 12.0 Å². The Morgan fingerprint density at radius 1 is 1.00 bits per heavy atom. The average molecular weight is 458 g/mol. The maximum atomic E-state index is 13.3. The number of fused-ring (bicyclic) bond motifs is 1. The van der Waals surface area contributed by atoms with Crippen LogP contribution in [0.25, 0.3) is 0 Å². The molecule has 182 valence electrons. The summed E-state index contributed by atoms with van der Waals surface area (Å²) >= 11 is 0. The van der Waals surface area contributed by atoms with Crippen molar-refractivity contribution in [3.8, 4) is 0 Å². The van der Waals surface area contributed by atoms with Crippen LogP contribution in [-0.4, -0.2) is 64.9 Å². The number of amides is 2. The van der Waals surface area contributed by atoms with Crippen molar-refractivity contribution in [3.63, 3.8) is 0 Å². The van der Waals surface area contributed by atoms with E-state index in [0.717, 1.165) is 43.6 Å². The number of rotatable bonds is 4. The number of carbonyl (C=O) groups is 3. The van der Waals surface area contributed by atoms with Crippen LogP contribution in [0.4, 0.5) is 5.69 Å². The third kappa shape index (κ3) is 6.56. The maximum absolute atomic E-state index is 13.3. The number of benzene rings is 1. The normalized spacial score (nSPS) is 20.8. The van der Waals surface area contributed by atoms with E-state index in [1.807, 2.05) is 17.0 Å². The van der Waals surface area contributed by atoms with Gasteiger partial charge in [-0.3, -0.25) is 14.5 Å². The van der Waals surface area contributed by atoms with Crippen molar-refractivity contribution in [1.29, 1.82) is 0 Å². The Balaban J connectivity index is 1.98. The summed E-state index contributed by atoms with van der Waals surface area (Å²) in [5, 5.41) is 9.52. The standard InChI is InChI=1S/C26H39N3O4/c1-19(2)17-27-13-7-5-4-6-8-14-28(20(3)30)23-12-11-21(16-22(23)18-27)25(31)29-15-9-10-24(29)26(32)33/h11-12,16,19,24H,4-10,13-15,17-18H2,1-3H3,(H,32,33)/t24-/m0/s1. The number of hydrogen-bond donors (Lipinski definition) is 1. The van der Waals surface area contributed by atoms with Crippen molar-refractivity contribution in [2.24, 2.45) is 5.92 Å². The molecule has 0 spiro atoms. The number of anilines is 1. The highest BCUT2D eigenvalue weighted by Gasteiger charge is 2.34. The Kier molecular flexibility index (Phi) is 8.89. The third-order valence-electron chi connectivity index (χ3n) is 6.67. The van der Waals surface area contributed by atoms with Gasteiger partial charge in [-0.2, -0.15) is 0 Å². The van der Waals surface area contributed by atoms with Gasteiger partial charge in [0.15, 0.2) is 0 Å². The number of aliphatic carboxylic acids is 1. The van der Waals surface area contributed by atoms with E-state index in [4.69, 9.17) is 0 Å². The highest BCUT2D eigenvalue weighted by molar-refractivity contribution is 5.98. The van der Waals surface area contributed by atoms with E-state index in [0.29, 0.717) is 44.0 Å². The smallest absolute Gasteiger partial charge is 0.326 e. The zero-order chi connectivity index (χ0) is 24.0. The van der Waals surface area contributed by atoms with Crippen LogP contribution in [0.3, 0.4) is 0 Å². The molecule has 0 radical (unpaired) electrons. The molecular formula is C26H39N3O4. The summed E-state index contributed by atoms with van der Waals surface area (Å²) in [5.41, 5.74) is 2.33. The topological polar surface area (TPSA) is 81.2 Å². The molecule has 1 fully saturated rings. The average Bonchev–Trinajstić information content (AvgIpc) is 3.24. The lowest BCUT2D eigenvalue weighted by Gasteiger charge is -2.30. The summed E-state index contributed by atoms with van der Waals surface area (Å²) in [6.07, 6.45) is 6.77. The zero-order valence-electron chi connectivity index (χ0n) is 20.4. The highest BCUT2D eigenvalue weighted by Crippen LogP contribution is 2.28. The molecule has 3 rings (SSSR count). The van der Waals surface area contributed by atoms with E-state index in [-0.39, 0.29) is 11.8 Å². The van der Waals surface area contributed by atoms with Crippen LogP contribution in [0, 0.1) is 5.92 Å². The van der Waals surface area contributed by atoms with Gasteiger partial charge < -0.3 is 14.9 Å². The quantitative estimate of drug-likeness (QED) is 0.735. The Labute approximate surface area is 197 Å². The summed E-state index contributed by atoms with van der Waals surface area (Å²) in [6.45, 7) is 9.76. The lowest BCUT2D eigenvalue weighted by atomic mass is 10.0. The highest BCUT2D eigenvalue weighted by atomic mass is 16.4. The summed E-state index contributed by atoms with van der Waals surface area (Å²) in [7, 11) is 0. The van der Waals surface area contributed by atoms with E-state index in [2.05, 4.69) is 18.7 Å². The number of hydrogen-bond acceptors (Lipinski definition) is 4. The minimum Gasteiger partial charge on any atom is -0.480 e. The van der Waals surface area contributed by atoms with E-state index in [9.17, 15) is 19.5 Å². The molecule has 0 saturated carbocycles. The van der Waals surface area contributed by atoms with Gasteiger partial charge >= 0.3 is 5.97 Å². The fraction of sp³-hybridized carbons (Fsp3) is 0.654. The van der Waals surface area contributed by atoms with E-state index >= 15 is 0 Å². The predicted octanol–water partition coefficient (Wildman–Crippen LogP) is 4.15. The van der Waals surface area contributed by atoms with E-state index in [1.165, 1.54) is 17.7 Å². The van der Waals surface area contributed by atoms with Gasteiger partial charge in [0.2, 0.25) is 5.91 Å². The van der Waals surface area contributed by atoms with Crippen LogP contribution in [0.5, 0.6) is 0 Å². The third-order valence-corrected chi connectivity index (χ3v) is 6.67. The fourth-order valence-corrected chi connectivity index (χ4v) is 5.12. The van der Waals surface area contributed by atoms with Crippen molar-refractivity contribution < 1.29 is 19.5 Å². The van der Waals surface area contributed by atoms with Crippen LogP contribution in [0.15, 0.2) is 18.2 Å². The Hall–Kier alpha value is -2.41. The largest absolute Gasteiger partial charge is 0.480 e. The summed E-state index contributed by atoms with van der Waals surface area (Å²) in [5.74, 6) is -0.666. The molecule has 7 heteroatoms. The minimum absolute atomic E-state index is 0.00767. The van der Waals surface area contributed by atoms with Crippen LogP contribution in [0.2, 0.25) is 0 Å². The molecule has 0 aliphatic carbocycles. The minimum atomic E-state index is -0.946. The van der Waals surface area contributed by atoms with Gasteiger partial charge in [-0.25, -0.2) is 4.79 Å². The number of likely N-dealkylation sites (tertiary alicyclic amines) is 1. The second-order valence-electron chi connectivity index (χ2n) is 9.91. The molecule has 33 heavy (non-hydrogen) atoms. The van der Waals surface area contributed by atoms with Gasteiger partial charge in [-0.05, 0) is 61.9 Å². The second-order valence-corrected chi connectivity index (χ2v) is 9.91. The first-order chi connectivity index (χ1) is 15.8. The van der Waals surface area contributed by atoms with Crippen molar-refractivity contribution in [1.82, 2.24) is 9.80 Å². The fourth-order valence-electron chi connectivity index (χ4n) is 5.12. The van der Waals surface area contributed by atoms with Gasteiger partial charge in [0.25, 0.3) is 5.91 Å². The van der Waals surface area contributed by atoms with Gasteiger partial charge in [0.05, 0.1) is 0 Å². The SMILES string of the molecule is CC(=O)N1CCCCCCCN(CC(C)C)Cc2cc(C(=O)N3CCC[C@H]3C(=O)O)ccc21. The maximum Gasteiger partial charge on any atom is 0.326 e. The first kappa shape index (κ1) is 25.2. The van der Waals surface area contributed by atoms with Crippen LogP contribution in [0.1, 0.15) is 81.6 Å². The Morgan fingerprint density at radius 3 is 2.36 bits per heavy atom. The van der Waals surface area contributed by atoms with Gasteiger partial charge in [0, 0.05) is 44.4 Å². The van der Waals surface area contributed by atoms with Crippen LogP contribution in [-0.2, 0) is 16.1 Å².